The lowest BCUT2D eigenvalue weighted by Crippen LogP contribution is -2.45. The number of methoxy groups -OCH3 is 1. The minimum atomic E-state index is -0.676. The van der Waals surface area contributed by atoms with Gasteiger partial charge in [0.15, 0.2) is 0 Å². The Labute approximate surface area is 115 Å². The number of nitrogens with one attached hydrogen (secondary N) is 2. The molecule has 7 heteroatoms. The fourth-order valence-electron chi connectivity index (χ4n) is 1.81. The van der Waals surface area contributed by atoms with Gasteiger partial charge in [-0.3, -0.25) is 4.79 Å². The zero-order chi connectivity index (χ0) is 14.5. The third-order valence-electron chi connectivity index (χ3n) is 2.87. The zero-order valence-electron chi connectivity index (χ0n) is 10.9. The van der Waals surface area contributed by atoms with E-state index in [1.54, 1.807) is 0 Å². The summed E-state index contributed by atoms with van der Waals surface area (Å²) in [6, 6.07) is 3.62. The van der Waals surface area contributed by atoms with Crippen molar-refractivity contribution in [2.24, 2.45) is 0 Å². The van der Waals surface area contributed by atoms with Gasteiger partial charge in [-0.05, 0) is 18.2 Å². The molecule has 0 spiro atoms. The largest absolute Gasteiger partial charge is 0.465 e. The van der Waals surface area contributed by atoms with Crippen LogP contribution in [0.5, 0.6) is 0 Å². The lowest BCUT2D eigenvalue weighted by atomic mass is 10.2. The van der Waals surface area contributed by atoms with Gasteiger partial charge in [0.05, 0.1) is 25.0 Å². The minimum absolute atomic E-state index is 0.0768. The molecule has 0 saturated carbocycles. The van der Waals surface area contributed by atoms with Crippen LogP contribution in [0.1, 0.15) is 10.4 Å². The number of ether oxygens (including phenoxy) is 2. The van der Waals surface area contributed by atoms with E-state index in [0.29, 0.717) is 19.7 Å². The lowest BCUT2D eigenvalue weighted by Gasteiger charge is -2.22. The SMILES string of the molecule is COC(=O)c1ccc(F)c(NC(=O)C2CNCCO2)c1. The highest BCUT2D eigenvalue weighted by atomic mass is 19.1. The number of hydrogen-bond acceptors (Lipinski definition) is 5. The Morgan fingerprint density at radius 3 is 2.95 bits per heavy atom. The predicted molar refractivity (Wildman–Crippen MR) is 69.0 cm³/mol. The van der Waals surface area contributed by atoms with Crippen LogP contribution in [0.15, 0.2) is 18.2 Å². The molecule has 1 aliphatic heterocycles. The molecule has 2 rings (SSSR count). The molecule has 1 aliphatic rings. The Hall–Kier alpha value is -1.99. The number of esters is 1. The number of anilines is 1. The van der Waals surface area contributed by atoms with E-state index in [4.69, 9.17) is 4.74 Å². The second-order valence-electron chi connectivity index (χ2n) is 4.24. The molecule has 1 fully saturated rings. The van der Waals surface area contributed by atoms with Crippen molar-refractivity contribution in [2.75, 3.05) is 32.1 Å². The standard InChI is InChI=1S/C13H15FN2O4/c1-19-13(18)8-2-3-9(14)10(6-8)16-12(17)11-7-15-4-5-20-11/h2-3,6,11,15H,4-5,7H2,1H3,(H,16,17). The molecule has 1 aromatic carbocycles. The van der Waals surface area contributed by atoms with Crippen molar-refractivity contribution in [3.8, 4) is 0 Å². The fraction of sp³-hybridized carbons (Fsp3) is 0.385. The van der Waals surface area contributed by atoms with Crippen LogP contribution in [0.4, 0.5) is 10.1 Å². The number of rotatable bonds is 3. The first kappa shape index (κ1) is 14.4. The van der Waals surface area contributed by atoms with Crippen LogP contribution < -0.4 is 10.6 Å². The Kier molecular flexibility index (Phi) is 4.65. The summed E-state index contributed by atoms with van der Waals surface area (Å²) in [7, 11) is 1.23. The van der Waals surface area contributed by atoms with Crippen LogP contribution in [0.3, 0.4) is 0 Å². The van der Waals surface area contributed by atoms with Gasteiger partial charge >= 0.3 is 5.97 Å². The van der Waals surface area contributed by atoms with Crippen molar-refractivity contribution in [3.63, 3.8) is 0 Å². The smallest absolute Gasteiger partial charge is 0.337 e. The number of benzene rings is 1. The van der Waals surface area contributed by atoms with Crippen LogP contribution >= 0.6 is 0 Å². The molecule has 0 radical (unpaired) electrons. The molecule has 2 N–H and O–H groups in total. The molecule has 0 bridgehead atoms. The number of hydrogen-bond donors (Lipinski definition) is 2. The minimum Gasteiger partial charge on any atom is -0.465 e. The van der Waals surface area contributed by atoms with E-state index in [-0.39, 0.29) is 11.3 Å². The first-order valence-corrected chi connectivity index (χ1v) is 6.13. The highest BCUT2D eigenvalue weighted by Crippen LogP contribution is 2.17. The third kappa shape index (κ3) is 3.31. The van der Waals surface area contributed by atoms with E-state index in [9.17, 15) is 14.0 Å². The molecule has 108 valence electrons. The summed E-state index contributed by atoms with van der Waals surface area (Å²) in [5.74, 6) is -1.69. The monoisotopic (exact) mass is 282 g/mol. The molecule has 1 heterocycles. The van der Waals surface area contributed by atoms with Crippen molar-refractivity contribution < 1.29 is 23.5 Å². The van der Waals surface area contributed by atoms with Gasteiger partial charge in [-0.25, -0.2) is 9.18 Å². The van der Waals surface area contributed by atoms with Crippen LogP contribution in [-0.4, -0.2) is 44.8 Å². The normalized spacial score (nSPS) is 18.4. The van der Waals surface area contributed by atoms with Crippen molar-refractivity contribution in [3.05, 3.63) is 29.6 Å². The van der Waals surface area contributed by atoms with Crippen molar-refractivity contribution in [2.45, 2.75) is 6.10 Å². The van der Waals surface area contributed by atoms with E-state index in [1.807, 2.05) is 0 Å². The highest BCUT2D eigenvalue weighted by molar-refractivity contribution is 5.96. The van der Waals surface area contributed by atoms with Crippen molar-refractivity contribution in [1.82, 2.24) is 5.32 Å². The van der Waals surface area contributed by atoms with Gasteiger partial charge in [0.2, 0.25) is 0 Å². The van der Waals surface area contributed by atoms with Crippen LogP contribution in [0, 0.1) is 5.82 Å². The van der Waals surface area contributed by atoms with E-state index >= 15 is 0 Å². The van der Waals surface area contributed by atoms with Gasteiger partial charge in [-0.2, -0.15) is 0 Å². The number of carbonyl (C=O) groups is 2. The van der Waals surface area contributed by atoms with Gasteiger partial charge in [0.1, 0.15) is 11.9 Å². The Morgan fingerprint density at radius 1 is 1.50 bits per heavy atom. The Morgan fingerprint density at radius 2 is 2.30 bits per heavy atom. The summed E-state index contributed by atoms with van der Waals surface area (Å²) in [5.41, 5.74) is 0.0824. The first-order chi connectivity index (χ1) is 9.61. The maximum atomic E-state index is 13.6. The molecule has 1 amide bonds. The van der Waals surface area contributed by atoms with Gasteiger partial charge in [-0.1, -0.05) is 0 Å². The van der Waals surface area contributed by atoms with Gasteiger partial charge in [0, 0.05) is 13.1 Å². The molecule has 1 unspecified atom stereocenters. The summed E-state index contributed by atoms with van der Waals surface area (Å²) < 4.78 is 23.4. The average molecular weight is 282 g/mol. The van der Waals surface area contributed by atoms with Crippen LogP contribution in [0.25, 0.3) is 0 Å². The third-order valence-corrected chi connectivity index (χ3v) is 2.87. The summed E-state index contributed by atoms with van der Waals surface area (Å²) in [5, 5.41) is 5.41. The summed E-state index contributed by atoms with van der Waals surface area (Å²) in [6.45, 7) is 1.46. The number of morpholine rings is 1. The molecule has 0 aliphatic carbocycles. The number of carbonyl (C=O) groups excluding carboxylic acids is 2. The molecular formula is C13H15FN2O4. The van der Waals surface area contributed by atoms with E-state index in [0.717, 1.165) is 6.07 Å². The average Bonchev–Trinajstić information content (AvgIpc) is 2.49. The van der Waals surface area contributed by atoms with Crippen molar-refractivity contribution >= 4 is 17.6 Å². The van der Waals surface area contributed by atoms with Crippen molar-refractivity contribution in [1.29, 1.82) is 0 Å². The van der Waals surface area contributed by atoms with Crippen LogP contribution in [0.2, 0.25) is 0 Å². The molecule has 1 atom stereocenters. The summed E-state index contributed by atoms with van der Waals surface area (Å²) in [6.07, 6.45) is -0.676. The second-order valence-corrected chi connectivity index (χ2v) is 4.24. The molecule has 6 nitrogen and oxygen atoms in total. The molecular weight excluding hydrogens is 267 g/mol. The van der Waals surface area contributed by atoms with Gasteiger partial charge in [0.25, 0.3) is 5.91 Å². The maximum absolute atomic E-state index is 13.6. The van der Waals surface area contributed by atoms with E-state index < -0.39 is 23.8 Å². The van der Waals surface area contributed by atoms with Crippen LogP contribution in [-0.2, 0) is 14.3 Å². The Balaban J connectivity index is 2.11. The van der Waals surface area contributed by atoms with E-state index in [1.165, 1.54) is 19.2 Å². The maximum Gasteiger partial charge on any atom is 0.337 e. The quantitative estimate of drug-likeness (QED) is 0.791. The van der Waals surface area contributed by atoms with Gasteiger partial charge < -0.3 is 20.1 Å². The lowest BCUT2D eigenvalue weighted by molar-refractivity contribution is -0.128. The number of amides is 1. The predicted octanol–water partition coefficient (Wildman–Crippen LogP) is 0.539. The second kappa shape index (κ2) is 6.44. The fourth-order valence-corrected chi connectivity index (χ4v) is 1.81. The highest BCUT2D eigenvalue weighted by Gasteiger charge is 2.23. The Bertz CT molecular complexity index is 515. The summed E-state index contributed by atoms with van der Waals surface area (Å²) >= 11 is 0. The molecule has 1 saturated heterocycles. The molecule has 1 aromatic rings. The first-order valence-electron chi connectivity index (χ1n) is 6.13. The van der Waals surface area contributed by atoms with E-state index in [2.05, 4.69) is 15.4 Å². The molecule has 20 heavy (non-hydrogen) atoms. The van der Waals surface area contributed by atoms with Gasteiger partial charge in [-0.15, -0.1) is 0 Å². The summed E-state index contributed by atoms with van der Waals surface area (Å²) in [4.78, 5) is 23.3. The zero-order valence-corrected chi connectivity index (χ0v) is 10.9. The molecule has 0 aromatic heterocycles. The topological polar surface area (TPSA) is 76.7 Å². The number of halogens is 1.